The van der Waals surface area contributed by atoms with Gasteiger partial charge in [0, 0.05) is 6.07 Å². The number of hydrogen-bond donors (Lipinski definition) is 1. The van der Waals surface area contributed by atoms with Gasteiger partial charge in [0.25, 0.3) is 5.69 Å². The van der Waals surface area contributed by atoms with Crippen LogP contribution in [0.4, 0.5) is 5.69 Å². The molecule has 0 bridgehead atoms. The van der Waals surface area contributed by atoms with Crippen molar-refractivity contribution in [2.75, 3.05) is 0 Å². The number of primary sulfonamides is 1. The third-order valence-electron chi connectivity index (χ3n) is 1.50. The molecule has 0 saturated carbocycles. The number of nitro groups is 1. The number of hydrogen-bond acceptors (Lipinski definition) is 4. The smallest absolute Gasteiger partial charge is 0.258 e. The van der Waals surface area contributed by atoms with Crippen LogP contribution >= 0.6 is 23.2 Å². The van der Waals surface area contributed by atoms with Crippen molar-refractivity contribution in [3.63, 3.8) is 0 Å². The standard InChI is InChI=1S/C6H4Cl2N2O4S/c7-3-2-6(15(9,13)14)4(8)1-5(3)10(11)12/h1-2H,(H2,9,13,14). The first-order chi connectivity index (χ1) is 6.73. The molecule has 0 aliphatic carbocycles. The molecule has 0 heterocycles. The third-order valence-corrected chi connectivity index (χ3v) is 3.18. The van der Waals surface area contributed by atoms with Crippen LogP contribution in [-0.2, 0) is 10.0 Å². The molecule has 1 rings (SSSR count). The van der Waals surface area contributed by atoms with Gasteiger partial charge in [-0.05, 0) is 6.07 Å². The molecule has 0 atom stereocenters. The molecule has 6 nitrogen and oxygen atoms in total. The first-order valence-corrected chi connectivity index (χ1v) is 5.70. The molecule has 1 aromatic rings. The first-order valence-electron chi connectivity index (χ1n) is 3.39. The highest BCUT2D eigenvalue weighted by molar-refractivity contribution is 7.89. The minimum Gasteiger partial charge on any atom is -0.258 e. The zero-order valence-electron chi connectivity index (χ0n) is 6.98. The van der Waals surface area contributed by atoms with E-state index in [9.17, 15) is 18.5 Å². The van der Waals surface area contributed by atoms with E-state index >= 15 is 0 Å². The molecular weight excluding hydrogens is 267 g/mol. The number of benzene rings is 1. The van der Waals surface area contributed by atoms with Gasteiger partial charge in [0.1, 0.15) is 9.92 Å². The predicted molar refractivity (Wildman–Crippen MR) is 54.5 cm³/mol. The van der Waals surface area contributed by atoms with Gasteiger partial charge in [-0.1, -0.05) is 23.2 Å². The van der Waals surface area contributed by atoms with Crippen molar-refractivity contribution >= 4 is 38.9 Å². The van der Waals surface area contributed by atoms with E-state index in [2.05, 4.69) is 0 Å². The molecule has 0 saturated heterocycles. The Balaban J connectivity index is 3.52. The van der Waals surface area contributed by atoms with Crippen LogP contribution in [0.2, 0.25) is 10.0 Å². The number of rotatable bonds is 2. The largest absolute Gasteiger partial charge is 0.289 e. The van der Waals surface area contributed by atoms with Gasteiger partial charge in [-0.25, -0.2) is 13.6 Å². The maximum absolute atomic E-state index is 11.0. The van der Waals surface area contributed by atoms with Crippen molar-refractivity contribution in [1.29, 1.82) is 0 Å². The summed E-state index contributed by atoms with van der Waals surface area (Å²) in [5.74, 6) is 0. The average Bonchev–Trinajstić information content (AvgIpc) is 2.06. The number of nitrogens with two attached hydrogens (primary N) is 1. The Hall–Kier alpha value is -0.890. The highest BCUT2D eigenvalue weighted by Crippen LogP contribution is 2.32. The quantitative estimate of drug-likeness (QED) is 0.650. The number of nitro benzene ring substituents is 1. The molecule has 15 heavy (non-hydrogen) atoms. The molecule has 0 unspecified atom stereocenters. The summed E-state index contributed by atoms with van der Waals surface area (Å²) in [5, 5.41) is 14.5. The maximum Gasteiger partial charge on any atom is 0.289 e. The summed E-state index contributed by atoms with van der Waals surface area (Å²) in [4.78, 5) is 9.20. The molecule has 0 aliphatic rings. The van der Waals surface area contributed by atoms with Crippen molar-refractivity contribution in [1.82, 2.24) is 0 Å². The van der Waals surface area contributed by atoms with Crippen molar-refractivity contribution in [2.45, 2.75) is 4.90 Å². The van der Waals surface area contributed by atoms with Crippen molar-refractivity contribution in [3.8, 4) is 0 Å². The summed E-state index contributed by atoms with van der Waals surface area (Å²) in [7, 11) is -4.04. The van der Waals surface area contributed by atoms with E-state index in [4.69, 9.17) is 28.3 Å². The van der Waals surface area contributed by atoms with Gasteiger partial charge in [-0.2, -0.15) is 0 Å². The Morgan fingerprint density at radius 2 is 1.80 bits per heavy atom. The van der Waals surface area contributed by atoms with Crippen molar-refractivity contribution in [3.05, 3.63) is 32.3 Å². The SMILES string of the molecule is NS(=O)(=O)c1cc(Cl)c([N+](=O)[O-])cc1Cl. The summed E-state index contributed by atoms with van der Waals surface area (Å²) in [6, 6.07) is 1.68. The second-order valence-corrected chi connectivity index (χ2v) is 4.88. The molecule has 82 valence electrons. The van der Waals surface area contributed by atoms with Crippen LogP contribution in [0.1, 0.15) is 0 Å². The van der Waals surface area contributed by atoms with Crippen molar-refractivity contribution in [2.24, 2.45) is 5.14 Å². The van der Waals surface area contributed by atoms with Crippen LogP contribution in [0.3, 0.4) is 0 Å². The molecule has 0 spiro atoms. The monoisotopic (exact) mass is 270 g/mol. The molecule has 2 N–H and O–H groups in total. The average molecular weight is 271 g/mol. The van der Waals surface area contributed by atoms with E-state index in [0.717, 1.165) is 12.1 Å². The molecule has 0 amide bonds. The van der Waals surface area contributed by atoms with E-state index < -0.39 is 25.5 Å². The molecule has 9 heteroatoms. The van der Waals surface area contributed by atoms with Gasteiger partial charge in [0.2, 0.25) is 10.0 Å². The fourth-order valence-corrected chi connectivity index (χ4v) is 2.27. The van der Waals surface area contributed by atoms with Crippen molar-refractivity contribution < 1.29 is 13.3 Å². The summed E-state index contributed by atoms with van der Waals surface area (Å²) in [5.41, 5.74) is -0.478. The van der Waals surface area contributed by atoms with E-state index in [1.807, 2.05) is 0 Å². The molecule has 0 fully saturated rings. The molecule has 0 aromatic heterocycles. The van der Waals surface area contributed by atoms with Crippen LogP contribution in [0, 0.1) is 10.1 Å². The van der Waals surface area contributed by atoms with Crippen LogP contribution in [0.25, 0.3) is 0 Å². The zero-order valence-corrected chi connectivity index (χ0v) is 9.30. The Morgan fingerprint density at radius 3 is 2.20 bits per heavy atom. The topological polar surface area (TPSA) is 103 Å². The number of sulfonamides is 1. The van der Waals surface area contributed by atoms with E-state index in [-0.39, 0.29) is 10.0 Å². The van der Waals surface area contributed by atoms with Gasteiger partial charge >= 0.3 is 0 Å². The zero-order chi connectivity index (χ0) is 11.8. The minimum absolute atomic E-state index is 0.339. The summed E-state index contributed by atoms with van der Waals surface area (Å²) >= 11 is 11.0. The fraction of sp³-hybridized carbons (Fsp3) is 0. The van der Waals surface area contributed by atoms with Gasteiger partial charge in [0.15, 0.2) is 0 Å². The fourth-order valence-electron chi connectivity index (χ4n) is 0.876. The Kier molecular flexibility index (Phi) is 3.19. The lowest BCUT2D eigenvalue weighted by molar-refractivity contribution is -0.384. The number of nitrogens with zero attached hydrogens (tertiary/aromatic N) is 1. The van der Waals surface area contributed by atoms with Crippen LogP contribution in [0.15, 0.2) is 17.0 Å². The maximum atomic E-state index is 11.0. The lowest BCUT2D eigenvalue weighted by atomic mass is 10.3. The lowest BCUT2D eigenvalue weighted by Crippen LogP contribution is -2.13. The first kappa shape index (κ1) is 12.2. The van der Waals surface area contributed by atoms with E-state index in [1.165, 1.54) is 0 Å². The van der Waals surface area contributed by atoms with Gasteiger partial charge in [0.05, 0.1) is 9.95 Å². The van der Waals surface area contributed by atoms with Gasteiger partial charge in [-0.3, -0.25) is 10.1 Å². The number of halogens is 2. The molecule has 0 aliphatic heterocycles. The van der Waals surface area contributed by atoms with Gasteiger partial charge < -0.3 is 0 Å². The molecular formula is C6H4Cl2N2O4S. The van der Waals surface area contributed by atoms with Crippen LogP contribution in [-0.4, -0.2) is 13.3 Å². The summed E-state index contributed by atoms with van der Waals surface area (Å²) in [6.45, 7) is 0. The summed E-state index contributed by atoms with van der Waals surface area (Å²) in [6.07, 6.45) is 0. The lowest BCUT2D eigenvalue weighted by Gasteiger charge is -2.02. The van der Waals surface area contributed by atoms with E-state index in [0.29, 0.717) is 0 Å². The second-order valence-electron chi connectivity index (χ2n) is 2.54. The second kappa shape index (κ2) is 3.93. The molecule has 1 aromatic carbocycles. The normalized spacial score (nSPS) is 11.4. The minimum atomic E-state index is -4.04. The molecule has 0 radical (unpaired) electrons. The van der Waals surface area contributed by atoms with E-state index in [1.54, 1.807) is 0 Å². The Labute approximate surface area is 94.8 Å². The Morgan fingerprint density at radius 1 is 1.27 bits per heavy atom. The predicted octanol–water partition coefficient (Wildman–Crippen LogP) is 1.55. The summed E-state index contributed by atoms with van der Waals surface area (Å²) < 4.78 is 21.9. The van der Waals surface area contributed by atoms with Gasteiger partial charge in [-0.15, -0.1) is 0 Å². The Bertz CT molecular complexity index is 528. The third kappa shape index (κ3) is 2.57. The highest BCUT2D eigenvalue weighted by atomic mass is 35.5. The van der Waals surface area contributed by atoms with Crippen LogP contribution in [0.5, 0.6) is 0 Å². The van der Waals surface area contributed by atoms with Crippen LogP contribution < -0.4 is 5.14 Å². The highest BCUT2D eigenvalue weighted by Gasteiger charge is 2.21.